The van der Waals surface area contributed by atoms with Crippen molar-refractivity contribution in [3.8, 4) is 0 Å². The van der Waals surface area contributed by atoms with Crippen LogP contribution in [-0.2, 0) is 0 Å². The molecule has 100 valence electrons. The summed E-state index contributed by atoms with van der Waals surface area (Å²) in [5.41, 5.74) is 1.27. The van der Waals surface area contributed by atoms with E-state index in [2.05, 4.69) is 45.7 Å². The van der Waals surface area contributed by atoms with E-state index in [0.717, 1.165) is 23.0 Å². The van der Waals surface area contributed by atoms with E-state index in [1.165, 1.54) is 37.8 Å². The van der Waals surface area contributed by atoms with Gasteiger partial charge in [0, 0.05) is 23.3 Å². The van der Waals surface area contributed by atoms with Crippen molar-refractivity contribution >= 4 is 21.6 Å². The number of aromatic nitrogens is 1. The van der Waals surface area contributed by atoms with Gasteiger partial charge < -0.3 is 4.90 Å². The van der Waals surface area contributed by atoms with Crippen LogP contribution in [0, 0.1) is 5.92 Å². The Morgan fingerprint density at radius 3 is 2.67 bits per heavy atom. The van der Waals surface area contributed by atoms with Crippen molar-refractivity contribution in [1.82, 2.24) is 4.98 Å². The van der Waals surface area contributed by atoms with Crippen molar-refractivity contribution in [2.45, 2.75) is 52.0 Å². The highest BCUT2D eigenvalue weighted by Gasteiger charge is 2.23. The van der Waals surface area contributed by atoms with Gasteiger partial charge >= 0.3 is 0 Å². The van der Waals surface area contributed by atoms with E-state index >= 15 is 0 Å². The smallest absolute Gasteiger partial charge is 0.0566 e. The molecular formula is C15H23BrN2. The highest BCUT2D eigenvalue weighted by atomic mass is 79.9. The van der Waals surface area contributed by atoms with Gasteiger partial charge in [-0.3, -0.25) is 4.98 Å². The Bertz CT molecular complexity index is 373. The molecule has 0 amide bonds. The number of hydrogen-bond acceptors (Lipinski definition) is 2. The number of hydrogen-bond donors (Lipinski definition) is 0. The Hall–Kier alpha value is -0.570. The standard InChI is InChI=1S/C15H23BrN2/c1-12(2)7-8-18(14-5-3-4-6-14)15-9-13(16)10-17-11-15/h9-12,14H,3-8H2,1-2H3. The van der Waals surface area contributed by atoms with Crippen LogP contribution in [0.1, 0.15) is 46.0 Å². The lowest BCUT2D eigenvalue weighted by molar-refractivity contribution is 0.528. The van der Waals surface area contributed by atoms with E-state index in [1.807, 2.05) is 12.4 Å². The van der Waals surface area contributed by atoms with Gasteiger partial charge in [0.05, 0.1) is 11.9 Å². The summed E-state index contributed by atoms with van der Waals surface area (Å²) < 4.78 is 1.08. The van der Waals surface area contributed by atoms with Crippen molar-refractivity contribution in [2.24, 2.45) is 5.92 Å². The summed E-state index contributed by atoms with van der Waals surface area (Å²) in [5, 5.41) is 0. The molecule has 1 aromatic rings. The van der Waals surface area contributed by atoms with Crippen LogP contribution in [0.25, 0.3) is 0 Å². The van der Waals surface area contributed by atoms with Gasteiger partial charge in [-0.25, -0.2) is 0 Å². The molecule has 1 aromatic heterocycles. The molecule has 0 aliphatic heterocycles. The van der Waals surface area contributed by atoms with Crippen LogP contribution in [0.3, 0.4) is 0 Å². The summed E-state index contributed by atoms with van der Waals surface area (Å²) >= 11 is 3.53. The topological polar surface area (TPSA) is 16.1 Å². The molecule has 3 heteroatoms. The van der Waals surface area contributed by atoms with Crippen LogP contribution in [0.5, 0.6) is 0 Å². The highest BCUT2D eigenvalue weighted by molar-refractivity contribution is 9.10. The maximum atomic E-state index is 4.32. The molecule has 1 aliphatic carbocycles. The average molecular weight is 311 g/mol. The lowest BCUT2D eigenvalue weighted by Gasteiger charge is -2.31. The lowest BCUT2D eigenvalue weighted by atomic mass is 10.1. The zero-order chi connectivity index (χ0) is 13.0. The van der Waals surface area contributed by atoms with E-state index in [1.54, 1.807) is 0 Å². The predicted octanol–water partition coefficient (Wildman–Crippen LogP) is 4.64. The third-order valence-electron chi connectivity index (χ3n) is 3.73. The molecule has 18 heavy (non-hydrogen) atoms. The summed E-state index contributed by atoms with van der Waals surface area (Å²) in [6.45, 7) is 5.75. The molecule has 2 nitrogen and oxygen atoms in total. The van der Waals surface area contributed by atoms with Gasteiger partial charge in [0.1, 0.15) is 0 Å². The fourth-order valence-electron chi connectivity index (χ4n) is 2.69. The van der Waals surface area contributed by atoms with E-state index in [4.69, 9.17) is 0 Å². The molecule has 1 aliphatic rings. The molecule has 2 rings (SSSR count). The Labute approximate surface area is 119 Å². The lowest BCUT2D eigenvalue weighted by Crippen LogP contribution is -2.34. The first kappa shape index (κ1) is 13.9. The Balaban J connectivity index is 2.12. The van der Waals surface area contributed by atoms with Crippen molar-refractivity contribution in [2.75, 3.05) is 11.4 Å². The second kappa shape index (κ2) is 6.55. The first-order valence-electron chi connectivity index (χ1n) is 7.04. The normalized spacial score (nSPS) is 16.4. The molecule has 0 saturated heterocycles. The number of rotatable bonds is 5. The summed E-state index contributed by atoms with van der Waals surface area (Å²) in [6.07, 6.45) is 10.6. The Morgan fingerprint density at radius 2 is 2.06 bits per heavy atom. The number of pyridine rings is 1. The minimum Gasteiger partial charge on any atom is -0.367 e. The van der Waals surface area contributed by atoms with Gasteiger partial charge in [-0.2, -0.15) is 0 Å². The number of anilines is 1. The van der Waals surface area contributed by atoms with Gasteiger partial charge in [-0.1, -0.05) is 26.7 Å². The quantitative estimate of drug-likeness (QED) is 0.787. The molecule has 1 heterocycles. The molecule has 1 fully saturated rings. The molecule has 0 radical (unpaired) electrons. The van der Waals surface area contributed by atoms with E-state index in [9.17, 15) is 0 Å². The third-order valence-corrected chi connectivity index (χ3v) is 4.17. The summed E-state index contributed by atoms with van der Waals surface area (Å²) in [5.74, 6) is 0.758. The molecule has 0 spiro atoms. The maximum Gasteiger partial charge on any atom is 0.0566 e. The molecule has 1 saturated carbocycles. The monoisotopic (exact) mass is 310 g/mol. The van der Waals surface area contributed by atoms with Crippen LogP contribution in [-0.4, -0.2) is 17.6 Å². The van der Waals surface area contributed by atoms with E-state index in [0.29, 0.717) is 0 Å². The molecule has 0 N–H and O–H groups in total. The van der Waals surface area contributed by atoms with Gasteiger partial charge in [-0.05, 0) is 47.2 Å². The maximum absolute atomic E-state index is 4.32. The summed E-state index contributed by atoms with van der Waals surface area (Å²) in [4.78, 5) is 6.89. The van der Waals surface area contributed by atoms with Gasteiger partial charge in [0.25, 0.3) is 0 Å². The minimum atomic E-state index is 0.722. The van der Waals surface area contributed by atoms with Crippen LogP contribution in [0.4, 0.5) is 5.69 Å². The zero-order valence-corrected chi connectivity index (χ0v) is 13.0. The number of nitrogens with zero attached hydrogens (tertiary/aromatic N) is 2. The SMILES string of the molecule is CC(C)CCN(c1cncc(Br)c1)C1CCCC1. The Morgan fingerprint density at radius 1 is 1.33 bits per heavy atom. The zero-order valence-electron chi connectivity index (χ0n) is 11.4. The van der Waals surface area contributed by atoms with Crippen molar-refractivity contribution in [1.29, 1.82) is 0 Å². The van der Waals surface area contributed by atoms with E-state index < -0.39 is 0 Å². The van der Waals surface area contributed by atoms with Crippen LogP contribution in [0.15, 0.2) is 22.9 Å². The molecule has 0 unspecified atom stereocenters. The summed E-state index contributed by atoms with van der Waals surface area (Å²) in [7, 11) is 0. The highest BCUT2D eigenvalue weighted by Crippen LogP contribution is 2.29. The van der Waals surface area contributed by atoms with Crippen molar-refractivity contribution in [3.63, 3.8) is 0 Å². The average Bonchev–Trinajstić information content (AvgIpc) is 2.83. The van der Waals surface area contributed by atoms with Crippen LogP contribution >= 0.6 is 15.9 Å². The molecule has 0 aromatic carbocycles. The van der Waals surface area contributed by atoms with E-state index in [-0.39, 0.29) is 0 Å². The Kier molecular flexibility index (Phi) is 5.04. The third kappa shape index (κ3) is 3.71. The van der Waals surface area contributed by atoms with Gasteiger partial charge in [0.2, 0.25) is 0 Å². The van der Waals surface area contributed by atoms with Gasteiger partial charge in [-0.15, -0.1) is 0 Å². The fourth-order valence-corrected chi connectivity index (χ4v) is 3.05. The first-order chi connectivity index (χ1) is 8.66. The first-order valence-corrected chi connectivity index (χ1v) is 7.83. The van der Waals surface area contributed by atoms with Crippen LogP contribution in [0.2, 0.25) is 0 Å². The van der Waals surface area contributed by atoms with Crippen LogP contribution < -0.4 is 4.90 Å². The minimum absolute atomic E-state index is 0.722. The number of halogens is 1. The summed E-state index contributed by atoms with van der Waals surface area (Å²) in [6, 6.07) is 2.92. The fraction of sp³-hybridized carbons (Fsp3) is 0.667. The molecular weight excluding hydrogens is 288 g/mol. The predicted molar refractivity (Wildman–Crippen MR) is 81.0 cm³/mol. The molecule has 0 bridgehead atoms. The van der Waals surface area contributed by atoms with Gasteiger partial charge in [0.15, 0.2) is 0 Å². The second-order valence-corrected chi connectivity index (χ2v) is 6.59. The molecule has 0 atom stereocenters. The van der Waals surface area contributed by atoms with Crippen molar-refractivity contribution < 1.29 is 0 Å². The van der Waals surface area contributed by atoms with Crippen molar-refractivity contribution in [3.05, 3.63) is 22.9 Å². The largest absolute Gasteiger partial charge is 0.367 e. The second-order valence-electron chi connectivity index (χ2n) is 5.68.